The van der Waals surface area contributed by atoms with E-state index in [2.05, 4.69) is 36.3 Å². The van der Waals surface area contributed by atoms with Crippen molar-refractivity contribution in [3.8, 4) is 0 Å². The third kappa shape index (κ3) is 4.92. The zero-order valence-electron chi connectivity index (χ0n) is 15.6. The summed E-state index contributed by atoms with van der Waals surface area (Å²) in [6.07, 6.45) is 8.42. The molecular formula is C21H28N4O. The third-order valence-corrected chi connectivity index (χ3v) is 4.73. The van der Waals surface area contributed by atoms with Crippen molar-refractivity contribution in [1.82, 2.24) is 5.32 Å². The number of aryl methyl sites for hydroxylation is 2. The van der Waals surface area contributed by atoms with Gasteiger partial charge in [-0.2, -0.15) is 0 Å². The summed E-state index contributed by atoms with van der Waals surface area (Å²) >= 11 is 0. The molecule has 0 fully saturated rings. The van der Waals surface area contributed by atoms with Gasteiger partial charge in [-0.15, -0.1) is 0 Å². The minimum absolute atomic E-state index is 0.314. The van der Waals surface area contributed by atoms with Crippen molar-refractivity contribution in [2.24, 2.45) is 11.7 Å². The highest BCUT2D eigenvalue weighted by Crippen LogP contribution is 2.32. The Hall–Kier alpha value is -2.66. The average molecular weight is 352 g/mol. The van der Waals surface area contributed by atoms with Crippen LogP contribution in [0.3, 0.4) is 0 Å². The maximum atomic E-state index is 10.8. The van der Waals surface area contributed by atoms with E-state index in [4.69, 9.17) is 11.1 Å². The molecule has 1 atom stereocenters. The van der Waals surface area contributed by atoms with Crippen molar-refractivity contribution in [2.45, 2.75) is 33.1 Å². The van der Waals surface area contributed by atoms with Crippen LogP contribution in [-0.2, 0) is 17.6 Å². The maximum absolute atomic E-state index is 10.8. The van der Waals surface area contributed by atoms with Crippen LogP contribution in [0, 0.1) is 18.3 Å². The molecule has 0 heterocycles. The number of rotatable bonds is 8. The molecule has 5 heteroatoms. The van der Waals surface area contributed by atoms with Gasteiger partial charge in [-0.3, -0.25) is 4.79 Å². The molecule has 1 aliphatic rings. The number of hydrogen-bond donors (Lipinski definition) is 4. The molecule has 1 aromatic carbocycles. The number of carbonyl (C=O) groups is 1. The number of anilines is 1. The van der Waals surface area contributed by atoms with Crippen LogP contribution in [0.15, 0.2) is 48.0 Å². The number of nitrogens with two attached hydrogens (primary N) is 1. The van der Waals surface area contributed by atoms with E-state index in [1.54, 1.807) is 13.1 Å². The van der Waals surface area contributed by atoms with Crippen LogP contribution in [0.5, 0.6) is 0 Å². The number of benzene rings is 1. The van der Waals surface area contributed by atoms with Crippen molar-refractivity contribution < 1.29 is 4.79 Å². The molecule has 0 saturated heterocycles. The number of fused-ring (bicyclic) bond motifs is 1. The van der Waals surface area contributed by atoms with E-state index < -0.39 is 0 Å². The molecule has 0 radical (unpaired) electrons. The first kappa shape index (κ1) is 19.7. The van der Waals surface area contributed by atoms with Gasteiger partial charge in [-0.1, -0.05) is 12.6 Å². The summed E-state index contributed by atoms with van der Waals surface area (Å²) in [5.74, 6) is 0.534. The number of allylic oxidation sites excluding steroid dienone is 3. The van der Waals surface area contributed by atoms with Gasteiger partial charge in [0.1, 0.15) is 0 Å². The Kier molecular flexibility index (Phi) is 6.92. The molecule has 1 aliphatic carbocycles. The van der Waals surface area contributed by atoms with E-state index in [1.807, 2.05) is 6.08 Å². The molecule has 0 amide bonds. The first-order valence-electron chi connectivity index (χ1n) is 8.86. The topological polar surface area (TPSA) is 91.0 Å². The predicted octanol–water partition coefficient (Wildman–Crippen LogP) is 3.21. The normalized spacial score (nSPS) is 17.3. The summed E-state index contributed by atoms with van der Waals surface area (Å²) in [7, 11) is 0. The van der Waals surface area contributed by atoms with Gasteiger partial charge in [-0.05, 0) is 74.4 Å². The monoisotopic (exact) mass is 352 g/mol. The molecule has 5 N–H and O–H groups in total. The summed E-state index contributed by atoms with van der Waals surface area (Å²) in [5.41, 5.74) is 12.6. The zero-order valence-corrected chi connectivity index (χ0v) is 15.6. The lowest BCUT2D eigenvalue weighted by atomic mass is 9.82. The van der Waals surface area contributed by atoms with E-state index in [9.17, 15) is 4.79 Å². The van der Waals surface area contributed by atoms with Gasteiger partial charge in [0.05, 0.1) is 5.57 Å². The number of hydrogen-bond acceptors (Lipinski definition) is 5. The molecule has 0 spiro atoms. The van der Waals surface area contributed by atoms with Crippen LogP contribution in [0.25, 0.3) is 0 Å². The third-order valence-electron chi connectivity index (χ3n) is 4.73. The van der Waals surface area contributed by atoms with Crippen LogP contribution < -0.4 is 16.4 Å². The Labute approximate surface area is 155 Å². The maximum Gasteiger partial charge on any atom is 0.153 e. The average Bonchev–Trinajstić information content (AvgIpc) is 2.62. The van der Waals surface area contributed by atoms with Crippen molar-refractivity contribution in [3.63, 3.8) is 0 Å². The fourth-order valence-corrected chi connectivity index (χ4v) is 3.21. The fourth-order valence-electron chi connectivity index (χ4n) is 3.21. The van der Waals surface area contributed by atoms with Crippen LogP contribution in [0.1, 0.15) is 30.0 Å². The molecule has 1 aromatic rings. The summed E-state index contributed by atoms with van der Waals surface area (Å²) in [6.45, 7) is 8.63. The molecule has 26 heavy (non-hydrogen) atoms. The Bertz CT molecular complexity index is 752. The highest BCUT2D eigenvalue weighted by molar-refractivity contribution is 6.01. The summed E-state index contributed by atoms with van der Waals surface area (Å²) in [4.78, 5) is 10.8. The molecule has 2 rings (SSSR count). The SMILES string of the molecule is C=C(/C=C\N/C(C)=C(\C=N)C=O)Nc1cc(C)cc2c1CC(CN)CC2. The van der Waals surface area contributed by atoms with E-state index in [0.717, 1.165) is 43.4 Å². The van der Waals surface area contributed by atoms with Gasteiger partial charge >= 0.3 is 0 Å². The van der Waals surface area contributed by atoms with E-state index in [-0.39, 0.29) is 0 Å². The molecular weight excluding hydrogens is 324 g/mol. The molecule has 0 bridgehead atoms. The summed E-state index contributed by atoms with van der Waals surface area (Å²) < 4.78 is 0. The highest BCUT2D eigenvalue weighted by Gasteiger charge is 2.20. The van der Waals surface area contributed by atoms with E-state index >= 15 is 0 Å². The summed E-state index contributed by atoms with van der Waals surface area (Å²) in [6, 6.07) is 4.41. The van der Waals surface area contributed by atoms with Gasteiger partial charge in [0.15, 0.2) is 6.29 Å². The lowest BCUT2D eigenvalue weighted by molar-refractivity contribution is -0.104. The minimum Gasteiger partial charge on any atom is -0.365 e. The highest BCUT2D eigenvalue weighted by atomic mass is 16.1. The van der Waals surface area contributed by atoms with E-state index in [0.29, 0.717) is 23.5 Å². The van der Waals surface area contributed by atoms with Crippen molar-refractivity contribution in [3.05, 3.63) is 64.6 Å². The van der Waals surface area contributed by atoms with Crippen LogP contribution in [0.2, 0.25) is 0 Å². The van der Waals surface area contributed by atoms with Gasteiger partial charge in [0.25, 0.3) is 0 Å². The Balaban J connectivity index is 2.11. The molecule has 1 unspecified atom stereocenters. The largest absolute Gasteiger partial charge is 0.365 e. The van der Waals surface area contributed by atoms with Crippen molar-refractivity contribution in [1.29, 1.82) is 5.41 Å². The van der Waals surface area contributed by atoms with Crippen LogP contribution >= 0.6 is 0 Å². The second-order valence-corrected chi connectivity index (χ2v) is 6.77. The van der Waals surface area contributed by atoms with Gasteiger partial charge in [0, 0.05) is 29.5 Å². The first-order valence-corrected chi connectivity index (χ1v) is 8.86. The smallest absolute Gasteiger partial charge is 0.153 e. The van der Waals surface area contributed by atoms with Gasteiger partial charge in [-0.25, -0.2) is 0 Å². The lowest BCUT2D eigenvalue weighted by Gasteiger charge is -2.27. The Morgan fingerprint density at radius 2 is 2.23 bits per heavy atom. The molecule has 138 valence electrons. The number of nitrogens with one attached hydrogen (secondary N) is 3. The Morgan fingerprint density at radius 3 is 2.88 bits per heavy atom. The number of carbonyl (C=O) groups excluding carboxylic acids is 1. The van der Waals surface area contributed by atoms with Crippen molar-refractivity contribution in [2.75, 3.05) is 11.9 Å². The molecule has 5 nitrogen and oxygen atoms in total. The molecule has 0 saturated carbocycles. The second-order valence-electron chi connectivity index (χ2n) is 6.77. The first-order chi connectivity index (χ1) is 12.5. The van der Waals surface area contributed by atoms with Gasteiger partial charge in [0.2, 0.25) is 0 Å². The van der Waals surface area contributed by atoms with Crippen LogP contribution in [-0.4, -0.2) is 19.0 Å². The van der Waals surface area contributed by atoms with Crippen molar-refractivity contribution >= 4 is 18.2 Å². The second kappa shape index (κ2) is 9.15. The fraction of sp³-hybridized carbons (Fsp3) is 0.333. The molecule has 0 aromatic heterocycles. The zero-order chi connectivity index (χ0) is 19.1. The quantitative estimate of drug-likeness (QED) is 0.250. The standard InChI is InChI=1S/C21H28N4O/c1-14-8-18-5-4-17(11-22)10-20(18)21(9-14)25-15(2)6-7-24-16(3)19(12-23)13-26/h6-9,12-13,17,23-25H,2,4-5,10-11,22H2,1,3H3/b7-6-,19-16+,23-12?. The summed E-state index contributed by atoms with van der Waals surface area (Å²) in [5, 5.41) is 13.6. The number of aldehydes is 1. The molecule has 0 aliphatic heterocycles. The minimum atomic E-state index is 0.314. The van der Waals surface area contributed by atoms with Crippen LogP contribution in [0.4, 0.5) is 5.69 Å². The lowest BCUT2D eigenvalue weighted by Crippen LogP contribution is -2.23. The van der Waals surface area contributed by atoms with E-state index in [1.165, 1.54) is 16.7 Å². The Morgan fingerprint density at radius 1 is 1.46 bits per heavy atom. The van der Waals surface area contributed by atoms with Gasteiger partial charge < -0.3 is 21.8 Å². The predicted molar refractivity (Wildman–Crippen MR) is 108 cm³/mol.